The molecule has 40 heavy (non-hydrogen) atoms. The van der Waals surface area contributed by atoms with E-state index in [0.29, 0.717) is 29.2 Å². The summed E-state index contributed by atoms with van der Waals surface area (Å²) in [6, 6.07) is 14.0. The van der Waals surface area contributed by atoms with Gasteiger partial charge in [-0.25, -0.2) is 13.6 Å². The van der Waals surface area contributed by atoms with Gasteiger partial charge in [-0.05, 0) is 78.1 Å². The van der Waals surface area contributed by atoms with Crippen LogP contribution in [0.3, 0.4) is 0 Å². The maximum Gasteiger partial charge on any atom is 0.343 e. The van der Waals surface area contributed by atoms with Crippen LogP contribution in [-0.2, 0) is 0 Å². The second-order valence-corrected chi connectivity index (χ2v) is 11.0. The first-order valence-corrected chi connectivity index (χ1v) is 14.6. The fourth-order valence-corrected chi connectivity index (χ4v) is 5.33. The Kier molecular flexibility index (Phi) is 10.7. The van der Waals surface area contributed by atoms with Crippen molar-refractivity contribution in [2.75, 3.05) is 6.61 Å². The van der Waals surface area contributed by atoms with Crippen molar-refractivity contribution in [1.82, 2.24) is 0 Å². The minimum Gasteiger partial charge on any atom is -0.491 e. The van der Waals surface area contributed by atoms with Gasteiger partial charge in [0.2, 0.25) is 5.82 Å². The first-order valence-electron chi connectivity index (χ1n) is 14.6. The minimum atomic E-state index is -1.14. The van der Waals surface area contributed by atoms with Crippen molar-refractivity contribution >= 4 is 5.97 Å². The van der Waals surface area contributed by atoms with Gasteiger partial charge in [0.15, 0.2) is 23.1 Å². The summed E-state index contributed by atoms with van der Waals surface area (Å²) in [7, 11) is 0. The molecule has 1 aliphatic carbocycles. The van der Waals surface area contributed by atoms with Crippen LogP contribution in [0.2, 0.25) is 0 Å². The molecule has 1 aliphatic rings. The normalized spacial score (nSPS) is 17.0. The maximum absolute atomic E-state index is 14.8. The lowest BCUT2D eigenvalue weighted by atomic mass is 9.79. The molecule has 0 unspecified atom stereocenters. The Bertz CT molecular complexity index is 1260. The zero-order valence-electron chi connectivity index (χ0n) is 23.5. The maximum atomic E-state index is 14.8. The predicted octanol–water partition coefficient (Wildman–Crippen LogP) is 10.0. The van der Waals surface area contributed by atoms with Crippen molar-refractivity contribution in [3.05, 3.63) is 83.2 Å². The van der Waals surface area contributed by atoms with Gasteiger partial charge in [-0.2, -0.15) is 4.39 Å². The van der Waals surface area contributed by atoms with Crippen LogP contribution < -0.4 is 9.47 Å². The molecular formula is C34H39F3O3. The molecule has 0 saturated heterocycles. The first kappa shape index (κ1) is 29.7. The molecule has 4 rings (SSSR count). The number of hydrogen-bond acceptors (Lipinski definition) is 3. The molecule has 0 spiro atoms. The van der Waals surface area contributed by atoms with Gasteiger partial charge < -0.3 is 9.47 Å². The van der Waals surface area contributed by atoms with Crippen LogP contribution in [0.5, 0.6) is 11.5 Å². The number of rotatable bonds is 12. The molecule has 0 atom stereocenters. The third-order valence-corrected chi connectivity index (χ3v) is 7.88. The Morgan fingerprint density at radius 1 is 0.775 bits per heavy atom. The third kappa shape index (κ3) is 7.67. The molecule has 0 heterocycles. The Balaban J connectivity index is 1.34. The van der Waals surface area contributed by atoms with Gasteiger partial charge in [0.1, 0.15) is 0 Å². The van der Waals surface area contributed by atoms with Gasteiger partial charge in [-0.3, -0.25) is 0 Å². The summed E-state index contributed by atoms with van der Waals surface area (Å²) in [5.41, 5.74) is 1.85. The summed E-state index contributed by atoms with van der Waals surface area (Å²) >= 11 is 0. The van der Waals surface area contributed by atoms with Crippen LogP contribution >= 0.6 is 0 Å². The number of halogens is 3. The van der Waals surface area contributed by atoms with E-state index in [2.05, 4.69) is 13.8 Å². The van der Waals surface area contributed by atoms with Gasteiger partial charge in [0.05, 0.1) is 12.2 Å². The Labute approximate surface area is 235 Å². The van der Waals surface area contributed by atoms with Gasteiger partial charge in [-0.1, -0.05) is 83.1 Å². The van der Waals surface area contributed by atoms with Crippen LogP contribution in [0.15, 0.2) is 54.6 Å². The van der Waals surface area contributed by atoms with Gasteiger partial charge in [0, 0.05) is 0 Å². The minimum absolute atomic E-state index is 0.0196. The number of hydrogen-bond donors (Lipinski definition) is 0. The molecule has 3 aromatic carbocycles. The van der Waals surface area contributed by atoms with E-state index in [1.165, 1.54) is 56.0 Å². The zero-order chi connectivity index (χ0) is 28.5. The second kappa shape index (κ2) is 14.4. The lowest BCUT2D eigenvalue weighted by molar-refractivity contribution is 0.0726. The average Bonchev–Trinajstić information content (AvgIpc) is 2.96. The van der Waals surface area contributed by atoms with E-state index in [1.54, 1.807) is 24.3 Å². The summed E-state index contributed by atoms with van der Waals surface area (Å²) in [6.45, 7) is 4.83. The van der Waals surface area contributed by atoms with E-state index in [4.69, 9.17) is 9.47 Å². The number of benzene rings is 3. The fourth-order valence-electron chi connectivity index (χ4n) is 5.33. The molecule has 0 aromatic heterocycles. The van der Waals surface area contributed by atoms with E-state index < -0.39 is 29.2 Å². The molecule has 0 N–H and O–H groups in total. The smallest absolute Gasteiger partial charge is 0.343 e. The predicted molar refractivity (Wildman–Crippen MR) is 152 cm³/mol. The van der Waals surface area contributed by atoms with Crippen molar-refractivity contribution in [2.24, 2.45) is 5.92 Å². The fraction of sp³-hybridized carbons (Fsp3) is 0.441. The number of carbonyl (C=O) groups excluding carboxylic acids is 1. The van der Waals surface area contributed by atoms with Crippen LogP contribution in [0.1, 0.15) is 99.9 Å². The Morgan fingerprint density at radius 3 is 2.12 bits per heavy atom. The van der Waals surface area contributed by atoms with Crippen LogP contribution in [0.4, 0.5) is 13.2 Å². The number of unbranched alkanes of at least 4 members (excludes halogenated alkanes) is 5. The van der Waals surface area contributed by atoms with Crippen molar-refractivity contribution < 1.29 is 27.4 Å². The molecule has 1 fully saturated rings. The van der Waals surface area contributed by atoms with E-state index in [0.717, 1.165) is 38.5 Å². The van der Waals surface area contributed by atoms with Crippen molar-refractivity contribution in [3.63, 3.8) is 0 Å². The lowest BCUT2D eigenvalue weighted by Gasteiger charge is -2.27. The monoisotopic (exact) mass is 552 g/mol. The highest BCUT2D eigenvalue weighted by Crippen LogP contribution is 2.38. The molecule has 1 saturated carbocycles. The lowest BCUT2D eigenvalue weighted by Crippen LogP contribution is -2.14. The highest BCUT2D eigenvalue weighted by molar-refractivity contribution is 5.91. The second-order valence-electron chi connectivity index (χ2n) is 11.0. The molecule has 3 aromatic rings. The summed E-state index contributed by atoms with van der Waals surface area (Å²) in [5, 5.41) is 0. The van der Waals surface area contributed by atoms with Crippen LogP contribution in [0.25, 0.3) is 11.1 Å². The first-order chi connectivity index (χ1) is 19.4. The van der Waals surface area contributed by atoms with E-state index >= 15 is 0 Å². The number of esters is 1. The average molecular weight is 553 g/mol. The topological polar surface area (TPSA) is 35.5 Å². The number of ether oxygens (including phenoxy) is 2. The molecule has 0 radical (unpaired) electrons. The van der Waals surface area contributed by atoms with E-state index in [1.807, 2.05) is 0 Å². The van der Waals surface area contributed by atoms with Gasteiger partial charge in [-0.15, -0.1) is 0 Å². The summed E-state index contributed by atoms with van der Waals surface area (Å²) in [5.74, 6) is -2.97. The molecule has 0 aliphatic heterocycles. The summed E-state index contributed by atoms with van der Waals surface area (Å²) < 4.78 is 55.1. The van der Waals surface area contributed by atoms with Crippen molar-refractivity contribution in [3.8, 4) is 22.6 Å². The van der Waals surface area contributed by atoms with Crippen LogP contribution in [-0.4, -0.2) is 12.6 Å². The molecule has 0 bridgehead atoms. The van der Waals surface area contributed by atoms with Crippen molar-refractivity contribution in [2.45, 2.75) is 84.0 Å². The van der Waals surface area contributed by atoms with E-state index in [-0.39, 0.29) is 17.2 Å². The molecule has 6 heteroatoms. The SMILES string of the molecule is CCCCCCCCOc1ccc(-c2ccc(C(=O)Oc3ccc(C4CCC(C)CC4)c(F)c3F)cc2)cc1F. The highest BCUT2D eigenvalue weighted by Gasteiger charge is 2.26. The highest BCUT2D eigenvalue weighted by atomic mass is 19.2. The van der Waals surface area contributed by atoms with Gasteiger partial charge >= 0.3 is 5.97 Å². The Morgan fingerprint density at radius 2 is 1.43 bits per heavy atom. The van der Waals surface area contributed by atoms with Crippen molar-refractivity contribution in [1.29, 1.82) is 0 Å². The quantitative estimate of drug-likeness (QED) is 0.127. The zero-order valence-corrected chi connectivity index (χ0v) is 23.5. The molecule has 214 valence electrons. The van der Waals surface area contributed by atoms with E-state index in [9.17, 15) is 18.0 Å². The van der Waals surface area contributed by atoms with Gasteiger partial charge in [0.25, 0.3) is 0 Å². The molecule has 0 amide bonds. The number of carbonyl (C=O) groups is 1. The standard InChI is InChI=1S/C34H39F3O3/c1-3-4-5-6-7-8-21-39-30-19-17-27(22-29(30)35)24-13-15-26(16-14-24)34(38)40-31-20-18-28(32(36)33(31)37)25-11-9-23(2)10-12-25/h13-20,22-23,25H,3-12,21H2,1-2H3. The third-order valence-electron chi connectivity index (χ3n) is 7.88. The summed E-state index contributed by atoms with van der Waals surface area (Å²) in [6.07, 6.45) is 10.4. The largest absolute Gasteiger partial charge is 0.491 e. The Hall–Kier alpha value is -3.28. The molecular weight excluding hydrogens is 513 g/mol. The molecule has 3 nitrogen and oxygen atoms in total. The summed E-state index contributed by atoms with van der Waals surface area (Å²) in [4.78, 5) is 12.7. The van der Waals surface area contributed by atoms with Crippen LogP contribution in [0, 0.1) is 23.4 Å².